The summed E-state index contributed by atoms with van der Waals surface area (Å²) >= 11 is 0. The first kappa shape index (κ1) is 21.5. The van der Waals surface area contributed by atoms with Crippen LogP contribution in [0.25, 0.3) is 0 Å². The summed E-state index contributed by atoms with van der Waals surface area (Å²) in [5.74, 6) is 0.298. The molecule has 2 heterocycles. The van der Waals surface area contributed by atoms with Gasteiger partial charge in [-0.2, -0.15) is 10.1 Å². The summed E-state index contributed by atoms with van der Waals surface area (Å²) in [6, 6.07) is 7.47. The lowest BCUT2D eigenvalue weighted by molar-refractivity contribution is -0.139. The zero-order valence-corrected chi connectivity index (χ0v) is 18.2. The molecule has 1 N–H and O–H groups in total. The number of fused-ring (bicyclic) bond motifs is 1. The van der Waals surface area contributed by atoms with Gasteiger partial charge in [0.15, 0.2) is 0 Å². The number of esters is 1. The number of nitrogens with zero attached hydrogens (tertiary/aromatic N) is 4. The average Bonchev–Trinajstić information content (AvgIpc) is 3.18. The van der Waals surface area contributed by atoms with E-state index in [2.05, 4.69) is 15.4 Å². The van der Waals surface area contributed by atoms with E-state index in [-0.39, 0.29) is 19.1 Å². The van der Waals surface area contributed by atoms with E-state index in [0.717, 1.165) is 11.1 Å². The molecule has 1 aromatic carbocycles. The van der Waals surface area contributed by atoms with Gasteiger partial charge in [-0.1, -0.05) is 43.7 Å². The fourth-order valence-electron chi connectivity index (χ4n) is 3.47. The lowest BCUT2D eigenvalue weighted by Crippen LogP contribution is -2.43. The first-order valence-corrected chi connectivity index (χ1v) is 10.2. The van der Waals surface area contributed by atoms with Crippen LogP contribution in [-0.4, -0.2) is 46.3 Å². The number of aryl methyl sites for hydroxylation is 1. The number of amides is 1. The number of benzene rings is 1. The van der Waals surface area contributed by atoms with Gasteiger partial charge in [-0.3, -0.25) is 4.79 Å². The largest absolute Gasteiger partial charge is 0.463 e. The van der Waals surface area contributed by atoms with Crippen LogP contribution in [0.15, 0.2) is 41.9 Å². The summed E-state index contributed by atoms with van der Waals surface area (Å²) in [6.45, 7) is 10.6. The van der Waals surface area contributed by atoms with E-state index < -0.39 is 12.0 Å². The van der Waals surface area contributed by atoms with Gasteiger partial charge < -0.3 is 15.0 Å². The van der Waals surface area contributed by atoms with Crippen LogP contribution in [0.1, 0.15) is 44.9 Å². The minimum atomic E-state index is -0.475. The average molecular weight is 412 g/mol. The van der Waals surface area contributed by atoms with E-state index in [4.69, 9.17) is 4.74 Å². The Morgan fingerprint density at radius 2 is 1.90 bits per heavy atom. The van der Waals surface area contributed by atoms with Gasteiger partial charge in [-0.25, -0.2) is 9.48 Å². The Labute approximate surface area is 176 Å². The van der Waals surface area contributed by atoms with Crippen molar-refractivity contribution in [3.05, 3.63) is 53.0 Å². The molecule has 0 saturated carbocycles. The Hall–Kier alpha value is -3.16. The molecular formula is C22H29N5O3. The van der Waals surface area contributed by atoms with Gasteiger partial charge in [-0.15, -0.1) is 0 Å². The second-order valence-corrected chi connectivity index (χ2v) is 7.82. The fourth-order valence-corrected chi connectivity index (χ4v) is 3.47. The van der Waals surface area contributed by atoms with Crippen molar-refractivity contribution in [2.24, 2.45) is 5.92 Å². The molecule has 0 fully saturated rings. The second-order valence-electron chi connectivity index (χ2n) is 7.82. The number of rotatable bonds is 7. The van der Waals surface area contributed by atoms with E-state index in [1.165, 1.54) is 6.33 Å². The first-order chi connectivity index (χ1) is 14.3. The summed E-state index contributed by atoms with van der Waals surface area (Å²) in [7, 11) is 0. The Balaban J connectivity index is 2.05. The maximum Gasteiger partial charge on any atom is 0.338 e. The molecule has 160 valence electrons. The number of carbonyl (C=O) groups excluding carboxylic acids is 2. The van der Waals surface area contributed by atoms with Gasteiger partial charge in [0.25, 0.3) is 0 Å². The molecule has 3 rings (SSSR count). The Morgan fingerprint density at radius 3 is 2.53 bits per heavy atom. The topological polar surface area (TPSA) is 89.3 Å². The molecule has 8 nitrogen and oxygen atoms in total. The maximum atomic E-state index is 13.0. The van der Waals surface area contributed by atoms with Gasteiger partial charge >= 0.3 is 5.97 Å². The molecule has 0 spiro atoms. The van der Waals surface area contributed by atoms with Gasteiger partial charge in [-0.05, 0) is 32.3 Å². The summed E-state index contributed by atoms with van der Waals surface area (Å²) in [4.78, 5) is 31.6. The van der Waals surface area contributed by atoms with Crippen LogP contribution in [0.5, 0.6) is 0 Å². The van der Waals surface area contributed by atoms with Gasteiger partial charge in [0.1, 0.15) is 18.9 Å². The van der Waals surface area contributed by atoms with Crippen molar-refractivity contribution in [2.45, 2.75) is 40.7 Å². The van der Waals surface area contributed by atoms with Crippen LogP contribution < -0.4 is 10.2 Å². The number of carbonyl (C=O) groups is 2. The summed E-state index contributed by atoms with van der Waals surface area (Å²) in [6.07, 6.45) is 1.44. The van der Waals surface area contributed by atoms with Gasteiger partial charge in [0, 0.05) is 12.2 Å². The monoisotopic (exact) mass is 411 g/mol. The molecule has 1 aliphatic rings. The third-order valence-corrected chi connectivity index (χ3v) is 5.01. The normalized spacial score (nSPS) is 15.9. The van der Waals surface area contributed by atoms with Crippen LogP contribution >= 0.6 is 0 Å². The van der Waals surface area contributed by atoms with Gasteiger partial charge in [0.05, 0.1) is 12.2 Å². The summed E-state index contributed by atoms with van der Waals surface area (Å²) in [5.41, 5.74) is 3.11. The zero-order valence-electron chi connectivity index (χ0n) is 18.2. The molecule has 0 aliphatic carbocycles. The van der Waals surface area contributed by atoms with Crippen LogP contribution in [0.3, 0.4) is 0 Å². The number of ether oxygens (including phenoxy) is 1. The third kappa shape index (κ3) is 4.37. The molecule has 8 heteroatoms. The SMILES string of the molecule is CCOC(=O)C1=C(C)N(CC(=O)NCC(C)C)c2ncnn2C1c1ccc(C)cc1. The molecule has 0 radical (unpaired) electrons. The van der Waals surface area contributed by atoms with Crippen LogP contribution in [0.2, 0.25) is 0 Å². The van der Waals surface area contributed by atoms with Crippen molar-refractivity contribution < 1.29 is 14.3 Å². The standard InChI is InChI=1S/C22H29N5O3/c1-6-30-21(29)19-16(5)26(12-18(28)23-11-14(2)3)22-24-13-25-27(22)20(19)17-9-7-15(4)8-10-17/h7-10,13-14,20H,6,11-12H2,1-5H3,(H,23,28). The molecular weight excluding hydrogens is 382 g/mol. The summed E-state index contributed by atoms with van der Waals surface area (Å²) in [5, 5.41) is 7.30. The number of nitrogens with one attached hydrogen (secondary N) is 1. The zero-order chi connectivity index (χ0) is 21.8. The minimum absolute atomic E-state index is 0.0424. The number of anilines is 1. The molecule has 2 aromatic rings. The number of hydrogen-bond acceptors (Lipinski definition) is 6. The molecule has 1 aromatic heterocycles. The van der Waals surface area contributed by atoms with Gasteiger partial charge in [0.2, 0.25) is 11.9 Å². The van der Waals surface area contributed by atoms with E-state index in [9.17, 15) is 9.59 Å². The maximum absolute atomic E-state index is 13.0. The van der Waals surface area contributed by atoms with E-state index >= 15 is 0 Å². The van der Waals surface area contributed by atoms with Crippen molar-refractivity contribution in [1.82, 2.24) is 20.1 Å². The molecule has 1 unspecified atom stereocenters. The summed E-state index contributed by atoms with van der Waals surface area (Å²) < 4.78 is 7.05. The molecule has 1 amide bonds. The number of allylic oxidation sites excluding steroid dienone is 1. The van der Waals surface area contributed by atoms with Crippen LogP contribution in [0.4, 0.5) is 5.95 Å². The quantitative estimate of drug-likeness (QED) is 0.705. The number of aromatic nitrogens is 3. The predicted octanol–water partition coefficient (Wildman–Crippen LogP) is 2.61. The molecule has 0 bridgehead atoms. The highest BCUT2D eigenvalue weighted by molar-refractivity contribution is 5.93. The molecule has 1 atom stereocenters. The second kappa shape index (κ2) is 9.11. The Kier molecular flexibility index (Phi) is 6.54. The van der Waals surface area contributed by atoms with Crippen LogP contribution in [-0.2, 0) is 14.3 Å². The van der Waals surface area contributed by atoms with E-state index in [0.29, 0.717) is 29.7 Å². The fraction of sp³-hybridized carbons (Fsp3) is 0.455. The third-order valence-electron chi connectivity index (χ3n) is 5.01. The molecule has 30 heavy (non-hydrogen) atoms. The first-order valence-electron chi connectivity index (χ1n) is 10.2. The van der Waals surface area contributed by atoms with Crippen molar-refractivity contribution in [2.75, 3.05) is 24.6 Å². The molecule has 1 aliphatic heterocycles. The lowest BCUT2D eigenvalue weighted by atomic mass is 9.94. The van der Waals surface area contributed by atoms with Crippen molar-refractivity contribution >= 4 is 17.8 Å². The van der Waals surface area contributed by atoms with Crippen LogP contribution in [0, 0.1) is 12.8 Å². The highest BCUT2D eigenvalue weighted by Gasteiger charge is 2.38. The van der Waals surface area contributed by atoms with E-state index in [1.807, 2.05) is 52.0 Å². The van der Waals surface area contributed by atoms with Crippen molar-refractivity contribution in [3.63, 3.8) is 0 Å². The highest BCUT2D eigenvalue weighted by Crippen LogP contribution is 2.38. The lowest BCUT2D eigenvalue weighted by Gasteiger charge is -2.35. The Morgan fingerprint density at radius 1 is 1.20 bits per heavy atom. The Bertz CT molecular complexity index is 946. The predicted molar refractivity (Wildman–Crippen MR) is 114 cm³/mol. The smallest absolute Gasteiger partial charge is 0.338 e. The minimum Gasteiger partial charge on any atom is -0.463 e. The van der Waals surface area contributed by atoms with E-state index in [1.54, 1.807) is 16.5 Å². The highest BCUT2D eigenvalue weighted by atomic mass is 16.5. The van der Waals surface area contributed by atoms with Crippen molar-refractivity contribution in [1.29, 1.82) is 0 Å². The number of hydrogen-bond donors (Lipinski definition) is 1. The molecule has 0 saturated heterocycles. The van der Waals surface area contributed by atoms with Crippen molar-refractivity contribution in [3.8, 4) is 0 Å².